The maximum Gasteiger partial charge on any atom is 0.328 e. The second kappa shape index (κ2) is 6.79. The highest BCUT2D eigenvalue weighted by Gasteiger charge is 2.20. The van der Waals surface area contributed by atoms with Gasteiger partial charge in [-0.2, -0.15) is 5.10 Å². The van der Waals surface area contributed by atoms with Gasteiger partial charge in [-0.3, -0.25) is 9.48 Å². The van der Waals surface area contributed by atoms with Gasteiger partial charge in [-0.25, -0.2) is 9.97 Å². The summed E-state index contributed by atoms with van der Waals surface area (Å²) in [5.41, 5.74) is 3.34. The van der Waals surface area contributed by atoms with Crippen molar-refractivity contribution in [2.24, 2.45) is 0 Å². The van der Waals surface area contributed by atoms with Gasteiger partial charge in [0.25, 0.3) is 0 Å². The van der Waals surface area contributed by atoms with Crippen LogP contribution in [0.1, 0.15) is 32.2 Å². The molecule has 136 valence electrons. The molecule has 0 saturated carbocycles. The van der Waals surface area contributed by atoms with Crippen molar-refractivity contribution < 1.29 is 9.53 Å². The highest BCUT2D eigenvalue weighted by Crippen LogP contribution is 2.31. The quantitative estimate of drug-likeness (QED) is 0.597. The number of carbonyl (C=O) groups is 1. The largest absolute Gasteiger partial charge is 0.459 e. The molecule has 3 aromatic rings. The van der Waals surface area contributed by atoms with E-state index in [1.807, 2.05) is 53.1 Å². The molecule has 1 aromatic carbocycles. The number of halogens is 1. The van der Waals surface area contributed by atoms with E-state index in [1.165, 1.54) is 0 Å². The second-order valence-electron chi connectivity index (χ2n) is 7.24. The molecular formula is C19H21BrN4O2. The molecule has 0 aliphatic heterocycles. The SMILES string of the molecule is Cc1ncc(-c2cc(C)c3c(c2)c(Br)nn3CC(=O)OC(C)(C)C)cn1. The number of ether oxygens (including phenoxy) is 1. The van der Waals surface area contributed by atoms with Crippen molar-refractivity contribution in [2.45, 2.75) is 46.8 Å². The van der Waals surface area contributed by atoms with E-state index < -0.39 is 5.60 Å². The first kappa shape index (κ1) is 18.5. The van der Waals surface area contributed by atoms with Crippen LogP contribution in [0.25, 0.3) is 22.0 Å². The van der Waals surface area contributed by atoms with Crippen LogP contribution in [-0.2, 0) is 16.1 Å². The van der Waals surface area contributed by atoms with Gasteiger partial charge in [0.1, 0.15) is 22.6 Å². The fourth-order valence-corrected chi connectivity index (χ4v) is 3.30. The molecule has 2 aromatic heterocycles. The Hall–Kier alpha value is -2.28. The average Bonchev–Trinajstić information content (AvgIpc) is 2.82. The minimum atomic E-state index is -0.523. The van der Waals surface area contributed by atoms with E-state index in [4.69, 9.17) is 4.74 Å². The number of rotatable bonds is 3. The summed E-state index contributed by atoms with van der Waals surface area (Å²) in [6.07, 6.45) is 3.62. The maximum absolute atomic E-state index is 12.2. The molecule has 6 nitrogen and oxygen atoms in total. The Kier molecular flexibility index (Phi) is 4.84. The molecule has 0 bridgehead atoms. The van der Waals surface area contributed by atoms with Crippen LogP contribution < -0.4 is 0 Å². The third kappa shape index (κ3) is 3.93. The highest BCUT2D eigenvalue weighted by atomic mass is 79.9. The Bertz CT molecular complexity index is 972. The lowest BCUT2D eigenvalue weighted by molar-refractivity contribution is -0.155. The summed E-state index contributed by atoms with van der Waals surface area (Å²) in [6, 6.07) is 4.08. The normalized spacial score (nSPS) is 11.8. The van der Waals surface area contributed by atoms with Crippen LogP contribution in [0, 0.1) is 13.8 Å². The van der Waals surface area contributed by atoms with Gasteiger partial charge < -0.3 is 4.74 Å². The zero-order valence-electron chi connectivity index (χ0n) is 15.5. The van der Waals surface area contributed by atoms with Gasteiger partial charge in [-0.1, -0.05) is 0 Å². The van der Waals surface area contributed by atoms with Crippen LogP contribution in [0.5, 0.6) is 0 Å². The van der Waals surface area contributed by atoms with Gasteiger partial charge in [0, 0.05) is 23.3 Å². The summed E-state index contributed by atoms with van der Waals surface area (Å²) < 4.78 is 7.78. The van der Waals surface area contributed by atoms with Crippen molar-refractivity contribution in [1.82, 2.24) is 19.7 Å². The number of hydrogen-bond donors (Lipinski definition) is 0. The number of nitrogens with zero attached hydrogens (tertiary/aromatic N) is 4. The molecule has 0 spiro atoms. The standard InChI is InChI=1S/C19H21BrN4O2/c1-11-6-13(14-8-21-12(2)22-9-14)7-15-17(11)24(23-18(15)20)10-16(25)26-19(3,4)5/h6-9H,10H2,1-5H3. The first-order chi connectivity index (χ1) is 12.1. The molecule has 0 N–H and O–H groups in total. The Morgan fingerprint density at radius 1 is 1.15 bits per heavy atom. The molecule has 2 heterocycles. The lowest BCUT2D eigenvalue weighted by atomic mass is 10.0. The smallest absolute Gasteiger partial charge is 0.328 e. The first-order valence-corrected chi connectivity index (χ1v) is 9.11. The van der Waals surface area contributed by atoms with Crippen molar-refractivity contribution in [1.29, 1.82) is 0 Å². The van der Waals surface area contributed by atoms with Crippen LogP contribution in [0.3, 0.4) is 0 Å². The Balaban J connectivity index is 2.01. The molecule has 0 aliphatic rings. The van der Waals surface area contributed by atoms with Gasteiger partial charge in [-0.05, 0) is 73.8 Å². The van der Waals surface area contributed by atoms with E-state index in [0.29, 0.717) is 4.60 Å². The molecule has 0 aliphatic carbocycles. The van der Waals surface area contributed by atoms with Crippen LogP contribution >= 0.6 is 15.9 Å². The summed E-state index contributed by atoms with van der Waals surface area (Å²) >= 11 is 3.51. The molecule has 7 heteroatoms. The van der Waals surface area contributed by atoms with Crippen molar-refractivity contribution in [3.05, 3.63) is 40.5 Å². The number of hydrogen-bond acceptors (Lipinski definition) is 5. The summed E-state index contributed by atoms with van der Waals surface area (Å²) in [7, 11) is 0. The molecule has 26 heavy (non-hydrogen) atoms. The monoisotopic (exact) mass is 416 g/mol. The van der Waals surface area contributed by atoms with E-state index in [0.717, 1.165) is 33.4 Å². The first-order valence-electron chi connectivity index (χ1n) is 8.31. The van der Waals surface area contributed by atoms with Gasteiger partial charge in [0.15, 0.2) is 0 Å². The average molecular weight is 417 g/mol. The molecule has 0 radical (unpaired) electrons. The maximum atomic E-state index is 12.2. The highest BCUT2D eigenvalue weighted by molar-refractivity contribution is 9.10. The van der Waals surface area contributed by atoms with Crippen molar-refractivity contribution >= 4 is 32.8 Å². The summed E-state index contributed by atoms with van der Waals surface area (Å²) in [5, 5.41) is 5.41. The third-order valence-electron chi connectivity index (χ3n) is 3.80. The molecule has 0 atom stereocenters. The van der Waals surface area contributed by atoms with E-state index in [1.54, 1.807) is 4.68 Å². The van der Waals surface area contributed by atoms with Crippen LogP contribution in [0.15, 0.2) is 29.1 Å². The molecule has 0 amide bonds. The van der Waals surface area contributed by atoms with Crippen LogP contribution in [-0.4, -0.2) is 31.3 Å². The van der Waals surface area contributed by atoms with E-state index in [-0.39, 0.29) is 12.5 Å². The summed E-state index contributed by atoms with van der Waals surface area (Å²) in [4.78, 5) is 20.7. The molecule has 0 unspecified atom stereocenters. The number of aryl methyl sites for hydroxylation is 2. The minimum Gasteiger partial charge on any atom is -0.459 e. The molecular weight excluding hydrogens is 396 g/mol. The van der Waals surface area contributed by atoms with E-state index in [2.05, 4.69) is 37.1 Å². The Morgan fingerprint density at radius 2 is 1.81 bits per heavy atom. The zero-order chi connectivity index (χ0) is 19.1. The van der Waals surface area contributed by atoms with Crippen LogP contribution in [0.4, 0.5) is 0 Å². The van der Waals surface area contributed by atoms with E-state index in [9.17, 15) is 4.79 Å². The Labute approximate surface area is 160 Å². The van der Waals surface area contributed by atoms with Crippen molar-refractivity contribution in [3.63, 3.8) is 0 Å². The molecule has 0 saturated heterocycles. The fraction of sp³-hybridized carbons (Fsp3) is 0.368. The van der Waals surface area contributed by atoms with Crippen molar-refractivity contribution in [3.8, 4) is 11.1 Å². The van der Waals surface area contributed by atoms with Gasteiger partial charge in [-0.15, -0.1) is 0 Å². The third-order valence-corrected chi connectivity index (χ3v) is 4.39. The van der Waals surface area contributed by atoms with Crippen LogP contribution in [0.2, 0.25) is 0 Å². The number of esters is 1. The molecule has 3 rings (SSSR count). The second-order valence-corrected chi connectivity index (χ2v) is 7.99. The van der Waals surface area contributed by atoms with Gasteiger partial charge in [0.05, 0.1) is 5.52 Å². The van der Waals surface area contributed by atoms with E-state index >= 15 is 0 Å². The van der Waals surface area contributed by atoms with Gasteiger partial charge >= 0.3 is 5.97 Å². The van der Waals surface area contributed by atoms with Crippen molar-refractivity contribution in [2.75, 3.05) is 0 Å². The number of benzene rings is 1. The Morgan fingerprint density at radius 3 is 2.42 bits per heavy atom. The minimum absolute atomic E-state index is 0.0627. The summed E-state index contributed by atoms with van der Waals surface area (Å²) in [5.74, 6) is 0.419. The lowest BCUT2D eigenvalue weighted by Gasteiger charge is -2.19. The predicted molar refractivity (Wildman–Crippen MR) is 104 cm³/mol. The van der Waals surface area contributed by atoms with Gasteiger partial charge in [0.2, 0.25) is 0 Å². The summed E-state index contributed by atoms with van der Waals surface area (Å²) in [6.45, 7) is 9.47. The topological polar surface area (TPSA) is 69.9 Å². The molecule has 0 fully saturated rings. The lowest BCUT2D eigenvalue weighted by Crippen LogP contribution is -2.26. The zero-order valence-corrected chi connectivity index (χ0v) is 17.1. The number of carbonyl (C=O) groups excluding carboxylic acids is 1. The number of aromatic nitrogens is 4. The fourth-order valence-electron chi connectivity index (χ4n) is 2.81. The number of fused-ring (bicyclic) bond motifs is 1. The predicted octanol–water partition coefficient (Wildman–Crippen LogP) is 4.21.